The Morgan fingerprint density at radius 3 is 2.60 bits per heavy atom. The molecule has 0 aromatic carbocycles. The third-order valence-electron chi connectivity index (χ3n) is 1.88. The third kappa shape index (κ3) is 2.07. The van der Waals surface area contributed by atoms with Crippen molar-refractivity contribution in [1.29, 1.82) is 0 Å². The number of methoxy groups -OCH3 is 1. The molecule has 0 aliphatic carbocycles. The van der Waals surface area contributed by atoms with Crippen LogP contribution in [0.5, 0.6) is 0 Å². The molecule has 0 fully saturated rings. The maximum atomic E-state index is 11.2. The van der Waals surface area contributed by atoms with Crippen LogP contribution in [0.1, 0.15) is 21.9 Å². The Hall–Kier alpha value is -2.04. The van der Waals surface area contributed by atoms with Crippen molar-refractivity contribution in [2.45, 2.75) is 6.92 Å². The number of rotatable bonds is 3. The molecule has 0 bridgehead atoms. The van der Waals surface area contributed by atoms with Crippen LogP contribution in [0.25, 0.3) is 5.57 Å². The fraction of sp³-hybridized carbons (Fsp3) is 0.200. The summed E-state index contributed by atoms with van der Waals surface area (Å²) in [6.07, 6.45) is 0. The number of aryl methyl sites for hydroxylation is 1. The fourth-order valence-corrected chi connectivity index (χ4v) is 1.05. The Bertz CT molecular complexity index is 427. The van der Waals surface area contributed by atoms with Crippen LogP contribution in [-0.4, -0.2) is 24.2 Å². The van der Waals surface area contributed by atoms with Gasteiger partial charge in [0.2, 0.25) is 0 Å². The third-order valence-corrected chi connectivity index (χ3v) is 1.88. The van der Waals surface area contributed by atoms with Crippen LogP contribution >= 0.6 is 0 Å². The van der Waals surface area contributed by atoms with Crippen molar-refractivity contribution >= 4 is 17.5 Å². The number of hydrogen-bond donors (Lipinski definition) is 1. The molecule has 0 unspecified atom stereocenters. The van der Waals surface area contributed by atoms with Gasteiger partial charge in [-0.1, -0.05) is 6.58 Å². The van der Waals surface area contributed by atoms with Gasteiger partial charge in [-0.15, -0.1) is 0 Å². The first kappa shape index (κ1) is 11.0. The van der Waals surface area contributed by atoms with Gasteiger partial charge in [-0.25, -0.2) is 9.59 Å². The number of hydrogen-bond acceptors (Lipinski definition) is 4. The second kappa shape index (κ2) is 4.00. The number of esters is 1. The summed E-state index contributed by atoms with van der Waals surface area (Å²) < 4.78 is 9.57. The Morgan fingerprint density at radius 2 is 2.13 bits per heavy atom. The molecular formula is C10H10O5. The van der Waals surface area contributed by atoms with Crippen molar-refractivity contribution in [3.8, 4) is 0 Å². The Balaban J connectivity index is 3.11. The van der Waals surface area contributed by atoms with Crippen molar-refractivity contribution in [3.05, 3.63) is 29.7 Å². The van der Waals surface area contributed by atoms with Crippen LogP contribution in [0.2, 0.25) is 0 Å². The molecule has 0 aliphatic rings. The van der Waals surface area contributed by atoms with Gasteiger partial charge in [-0.2, -0.15) is 0 Å². The van der Waals surface area contributed by atoms with Gasteiger partial charge in [-0.05, 0) is 13.0 Å². The van der Waals surface area contributed by atoms with Crippen molar-refractivity contribution in [2.24, 2.45) is 0 Å². The van der Waals surface area contributed by atoms with Gasteiger partial charge in [0.1, 0.15) is 17.1 Å². The quantitative estimate of drug-likeness (QED) is 0.603. The lowest BCUT2D eigenvalue weighted by atomic mass is 10.2. The van der Waals surface area contributed by atoms with E-state index < -0.39 is 11.9 Å². The molecule has 0 saturated heterocycles. The second-order valence-corrected chi connectivity index (χ2v) is 2.86. The lowest BCUT2D eigenvalue weighted by Gasteiger charge is -1.93. The van der Waals surface area contributed by atoms with E-state index in [2.05, 4.69) is 11.3 Å². The zero-order chi connectivity index (χ0) is 11.6. The number of carbonyl (C=O) groups is 2. The first-order valence-electron chi connectivity index (χ1n) is 4.08. The minimum Gasteiger partial charge on any atom is -0.478 e. The summed E-state index contributed by atoms with van der Waals surface area (Å²) in [6.45, 7) is 4.87. The van der Waals surface area contributed by atoms with E-state index in [-0.39, 0.29) is 16.9 Å². The molecule has 5 heteroatoms. The number of ether oxygens (including phenoxy) is 1. The normalized spacial score (nSPS) is 9.73. The standard InChI is InChI=1S/C10H10O5/c1-5(9(11)12)8-4-7(6(2)15-8)10(13)14-3/h4H,1H2,2-3H3,(H,11,12). The van der Waals surface area contributed by atoms with Gasteiger partial charge in [-0.3, -0.25) is 0 Å². The van der Waals surface area contributed by atoms with Crippen molar-refractivity contribution < 1.29 is 23.8 Å². The molecule has 0 saturated carbocycles. The molecule has 1 aromatic rings. The van der Waals surface area contributed by atoms with Crippen LogP contribution in [0.15, 0.2) is 17.1 Å². The Labute approximate surface area is 86.0 Å². The van der Waals surface area contributed by atoms with Crippen LogP contribution < -0.4 is 0 Å². The maximum absolute atomic E-state index is 11.2. The van der Waals surface area contributed by atoms with Gasteiger partial charge >= 0.3 is 11.9 Å². The molecule has 0 radical (unpaired) electrons. The molecule has 0 spiro atoms. The number of carbonyl (C=O) groups excluding carboxylic acids is 1. The van der Waals surface area contributed by atoms with Gasteiger partial charge in [0.15, 0.2) is 0 Å². The highest BCUT2D eigenvalue weighted by atomic mass is 16.5. The lowest BCUT2D eigenvalue weighted by molar-refractivity contribution is -0.130. The van der Waals surface area contributed by atoms with Gasteiger partial charge < -0.3 is 14.3 Å². The molecular weight excluding hydrogens is 200 g/mol. The molecule has 1 rings (SSSR count). The second-order valence-electron chi connectivity index (χ2n) is 2.86. The van der Waals surface area contributed by atoms with Crippen molar-refractivity contribution in [1.82, 2.24) is 0 Å². The topological polar surface area (TPSA) is 76.7 Å². The Morgan fingerprint density at radius 1 is 1.53 bits per heavy atom. The zero-order valence-electron chi connectivity index (χ0n) is 8.36. The van der Waals surface area contributed by atoms with E-state index in [1.165, 1.54) is 13.2 Å². The van der Waals surface area contributed by atoms with Crippen molar-refractivity contribution in [2.75, 3.05) is 7.11 Å². The highest BCUT2D eigenvalue weighted by molar-refractivity contribution is 6.13. The fourth-order valence-electron chi connectivity index (χ4n) is 1.05. The van der Waals surface area contributed by atoms with Crippen molar-refractivity contribution in [3.63, 3.8) is 0 Å². The number of furan rings is 1. The molecule has 0 aliphatic heterocycles. The molecule has 1 N–H and O–H groups in total. The summed E-state index contributed by atoms with van der Waals surface area (Å²) in [5, 5.41) is 8.66. The summed E-state index contributed by atoms with van der Waals surface area (Å²) in [6, 6.07) is 1.30. The first-order chi connectivity index (χ1) is 6.97. The Kier molecular flexibility index (Phi) is 2.94. The van der Waals surface area contributed by atoms with E-state index in [1.54, 1.807) is 6.92 Å². The van der Waals surface area contributed by atoms with Gasteiger partial charge in [0.05, 0.1) is 12.7 Å². The summed E-state index contributed by atoms with van der Waals surface area (Å²) in [5.74, 6) is -1.40. The van der Waals surface area contributed by atoms with E-state index in [0.717, 1.165) is 0 Å². The molecule has 0 atom stereocenters. The molecule has 15 heavy (non-hydrogen) atoms. The predicted octanol–water partition coefficient (Wildman–Crippen LogP) is 1.47. The van der Waals surface area contributed by atoms with E-state index in [0.29, 0.717) is 5.76 Å². The molecule has 5 nitrogen and oxygen atoms in total. The average molecular weight is 210 g/mol. The number of carboxylic acid groups (broad SMARTS) is 1. The number of carboxylic acids is 1. The van der Waals surface area contributed by atoms with Crippen LogP contribution in [0, 0.1) is 6.92 Å². The first-order valence-corrected chi connectivity index (χ1v) is 4.08. The average Bonchev–Trinajstić information content (AvgIpc) is 2.57. The molecule has 80 valence electrons. The van der Waals surface area contributed by atoms with E-state index >= 15 is 0 Å². The summed E-state index contributed by atoms with van der Waals surface area (Å²) >= 11 is 0. The highest BCUT2D eigenvalue weighted by Crippen LogP contribution is 2.21. The minimum atomic E-state index is -1.19. The van der Waals surface area contributed by atoms with E-state index in [1.807, 2.05) is 0 Å². The number of aliphatic carboxylic acids is 1. The summed E-state index contributed by atoms with van der Waals surface area (Å²) in [5.41, 5.74) is 0.00292. The molecule has 1 heterocycles. The maximum Gasteiger partial charge on any atom is 0.341 e. The lowest BCUT2D eigenvalue weighted by Crippen LogP contribution is -2.01. The van der Waals surface area contributed by atoms with E-state index in [9.17, 15) is 9.59 Å². The summed E-state index contributed by atoms with van der Waals surface area (Å²) in [4.78, 5) is 21.8. The minimum absolute atomic E-state index is 0.0559. The van der Waals surface area contributed by atoms with Gasteiger partial charge in [0.25, 0.3) is 0 Å². The van der Waals surface area contributed by atoms with Crippen LogP contribution in [-0.2, 0) is 9.53 Å². The monoisotopic (exact) mass is 210 g/mol. The smallest absolute Gasteiger partial charge is 0.341 e. The largest absolute Gasteiger partial charge is 0.478 e. The zero-order valence-corrected chi connectivity index (χ0v) is 8.36. The van der Waals surface area contributed by atoms with Gasteiger partial charge in [0, 0.05) is 0 Å². The molecule has 0 amide bonds. The highest BCUT2D eigenvalue weighted by Gasteiger charge is 2.19. The van der Waals surface area contributed by atoms with E-state index in [4.69, 9.17) is 9.52 Å². The van der Waals surface area contributed by atoms with Crippen LogP contribution in [0.4, 0.5) is 0 Å². The molecule has 1 aromatic heterocycles. The SMILES string of the molecule is C=C(C(=O)O)c1cc(C(=O)OC)c(C)o1. The summed E-state index contributed by atoms with van der Waals surface area (Å²) in [7, 11) is 1.24. The van der Waals surface area contributed by atoms with Crippen LogP contribution in [0.3, 0.4) is 0 Å². The predicted molar refractivity (Wildman–Crippen MR) is 51.5 cm³/mol.